The van der Waals surface area contributed by atoms with Gasteiger partial charge in [-0.3, -0.25) is 0 Å². The van der Waals surface area contributed by atoms with Gasteiger partial charge in [0.25, 0.3) is 0 Å². The summed E-state index contributed by atoms with van der Waals surface area (Å²) in [6.45, 7) is 0. The highest BCUT2D eigenvalue weighted by molar-refractivity contribution is 7.74. The lowest BCUT2D eigenvalue weighted by atomic mass is 10.1. The van der Waals surface area contributed by atoms with E-state index in [4.69, 9.17) is 10.6 Å². The number of thiol groups is 1. The number of anilines is 1. The molecular weight excluding hydrogens is 214 g/mol. The maximum absolute atomic E-state index is 5.81. The second-order valence-electron chi connectivity index (χ2n) is 2.92. The molecule has 0 fully saturated rings. The maximum Gasteiger partial charge on any atom is 0.176 e. The molecule has 4 nitrogen and oxygen atoms in total. The fourth-order valence-electron chi connectivity index (χ4n) is 1.43. The molecule has 0 unspecified atom stereocenters. The van der Waals surface area contributed by atoms with Crippen molar-refractivity contribution >= 4 is 29.4 Å². The summed E-state index contributed by atoms with van der Waals surface area (Å²) in [5.74, 6) is 0.522. The molecule has 2 aromatic carbocycles. The number of hydrogen-bond donors (Lipinski definition) is 2. The van der Waals surface area contributed by atoms with E-state index in [0.717, 1.165) is 10.8 Å². The minimum Gasteiger partial charge on any atom is -0.398 e. The molecule has 78 valence electrons. The number of rotatable bonds is 3. The van der Waals surface area contributed by atoms with Crippen LogP contribution < -0.4 is 10.6 Å². The molecule has 0 atom stereocenters. The molecule has 0 aliphatic rings. The first-order valence-electron chi connectivity index (χ1n) is 4.25. The van der Waals surface area contributed by atoms with Crippen molar-refractivity contribution in [1.82, 2.24) is 0 Å². The van der Waals surface area contributed by atoms with Crippen LogP contribution in [0.5, 0.6) is 5.75 Å². The SMILES string of the molecule is Nc1cccc2c(OOOS)cccc12. The monoisotopic (exact) mass is 223 g/mol. The first-order valence-corrected chi connectivity index (χ1v) is 4.61. The van der Waals surface area contributed by atoms with Gasteiger partial charge in [-0.05, 0) is 17.2 Å². The fourth-order valence-corrected chi connectivity index (χ4v) is 1.46. The molecule has 0 aromatic heterocycles. The van der Waals surface area contributed by atoms with Gasteiger partial charge in [0.1, 0.15) is 0 Å². The van der Waals surface area contributed by atoms with Crippen LogP contribution >= 0.6 is 12.9 Å². The molecule has 2 N–H and O–H groups in total. The standard InChI is InChI=1S/C10H9NO3S/c11-9-5-1-4-8-7(9)3-2-6-10(8)12-13-14-15/h1-6,15H,11H2. The zero-order chi connectivity index (χ0) is 10.7. The number of hydrogen-bond acceptors (Lipinski definition) is 5. The minimum absolute atomic E-state index is 0.522. The summed E-state index contributed by atoms with van der Waals surface area (Å²) in [6, 6.07) is 11.0. The molecule has 0 heterocycles. The van der Waals surface area contributed by atoms with E-state index >= 15 is 0 Å². The summed E-state index contributed by atoms with van der Waals surface area (Å²) in [5.41, 5.74) is 6.50. The molecule has 2 rings (SSSR count). The molecule has 2 aromatic rings. The van der Waals surface area contributed by atoms with E-state index in [9.17, 15) is 0 Å². The number of nitrogens with two attached hydrogens (primary N) is 1. The molecule has 15 heavy (non-hydrogen) atoms. The summed E-state index contributed by atoms with van der Waals surface area (Å²) >= 11 is 3.39. The summed E-state index contributed by atoms with van der Waals surface area (Å²) in [5, 5.41) is 6.04. The average molecular weight is 223 g/mol. The van der Waals surface area contributed by atoms with Crippen LogP contribution in [0.2, 0.25) is 0 Å². The Labute approximate surface area is 92.0 Å². The van der Waals surface area contributed by atoms with Gasteiger partial charge in [-0.1, -0.05) is 24.3 Å². The Kier molecular flexibility index (Phi) is 2.96. The Bertz CT molecular complexity index is 475. The van der Waals surface area contributed by atoms with Gasteiger partial charge in [0.2, 0.25) is 0 Å². The van der Waals surface area contributed by atoms with Gasteiger partial charge in [0.15, 0.2) is 5.75 Å². The quantitative estimate of drug-likeness (QED) is 0.276. The maximum atomic E-state index is 5.81. The summed E-state index contributed by atoms with van der Waals surface area (Å²) in [7, 11) is 0. The third-order valence-electron chi connectivity index (χ3n) is 2.07. The molecular formula is C10H9NO3S. The van der Waals surface area contributed by atoms with Gasteiger partial charge in [0.05, 0.1) is 0 Å². The highest BCUT2D eigenvalue weighted by atomic mass is 32.1. The van der Waals surface area contributed by atoms with Crippen LogP contribution in [0.25, 0.3) is 10.8 Å². The number of nitrogen functional groups attached to an aromatic ring is 1. The van der Waals surface area contributed by atoms with Crippen LogP contribution in [0.4, 0.5) is 5.69 Å². The van der Waals surface area contributed by atoms with Crippen molar-refractivity contribution in [2.45, 2.75) is 0 Å². The van der Waals surface area contributed by atoms with Gasteiger partial charge in [-0.2, -0.15) is 0 Å². The van der Waals surface area contributed by atoms with Crippen LogP contribution in [-0.4, -0.2) is 0 Å². The van der Waals surface area contributed by atoms with E-state index in [1.54, 1.807) is 6.07 Å². The van der Waals surface area contributed by atoms with E-state index in [1.165, 1.54) is 0 Å². The Balaban J connectivity index is 2.51. The number of benzene rings is 2. The van der Waals surface area contributed by atoms with Gasteiger partial charge < -0.3 is 10.6 Å². The zero-order valence-electron chi connectivity index (χ0n) is 7.71. The summed E-state index contributed by atoms with van der Waals surface area (Å²) < 4.78 is 4.07. The fraction of sp³-hybridized carbons (Fsp3) is 0. The molecule has 0 saturated carbocycles. The molecule has 0 amide bonds. The topological polar surface area (TPSA) is 53.7 Å². The lowest BCUT2D eigenvalue weighted by Gasteiger charge is -2.06. The molecule has 0 spiro atoms. The predicted molar refractivity (Wildman–Crippen MR) is 60.1 cm³/mol. The molecule has 0 aliphatic heterocycles. The Morgan fingerprint density at radius 1 is 1.00 bits per heavy atom. The second-order valence-corrected chi connectivity index (χ2v) is 3.07. The van der Waals surface area contributed by atoms with Crippen LogP contribution in [-0.2, 0) is 9.37 Å². The van der Waals surface area contributed by atoms with E-state index < -0.39 is 0 Å². The highest BCUT2D eigenvalue weighted by Crippen LogP contribution is 2.29. The summed E-state index contributed by atoms with van der Waals surface area (Å²) in [6.07, 6.45) is 0. The molecule has 0 bridgehead atoms. The van der Waals surface area contributed by atoms with E-state index in [-0.39, 0.29) is 0 Å². The molecule has 0 saturated heterocycles. The molecule has 0 aliphatic carbocycles. The number of fused-ring (bicyclic) bond motifs is 1. The lowest BCUT2D eigenvalue weighted by Crippen LogP contribution is -1.94. The van der Waals surface area contributed by atoms with Crippen LogP contribution in [0.15, 0.2) is 36.4 Å². The van der Waals surface area contributed by atoms with Gasteiger partial charge >= 0.3 is 0 Å². The molecule has 0 radical (unpaired) electrons. The van der Waals surface area contributed by atoms with Gasteiger partial charge in [-0.25, -0.2) is 0 Å². The predicted octanol–water partition coefficient (Wildman–Crippen LogP) is 2.51. The largest absolute Gasteiger partial charge is 0.398 e. The first kappa shape index (κ1) is 10.1. The van der Waals surface area contributed by atoms with Crippen molar-refractivity contribution < 1.29 is 14.3 Å². The Morgan fingerprint density at radius 2 is 1.73 bits per heavy atom. The average Bonchev–Trinajstić information content (AvgIpc) is 2.27. The van der Waals surface area contributed by atoms with E-state index in [1.807, 2.05) is 30.3 Å². The summed E-state index contributed by atoms with van der Waals surface area (Å²) in [4.78, 5) is 4.87. The highest BCUT2D eigenvalue weighted by Gasteiger charge is 2.04. The first-order chi connectivity index (χ1) is 7.33. The zero-order valence-corrected chi connectivity index (χ0v) is 8.61. The van der Waals surface area contributed by atoms with Crippen molar-refractivity contribution in [3.05, 3.63) is 36.4 Å². The van der Waals surface area contributed by atoms with Crippen molar-refractivity contribution in [2.75, 3.05) is 5.73 Å². The molecule has 5 heteroatoms. The normalized spacial score (nSPS) is 10.5. The smallest absolute Gasteiger partial charge is 0.176 e. The van der Waals surface area contributed by atoms with Gasteiger partial charge in [0, 0.05) is 29.4 Å². The Hall–Kier alpha value is -1.43. The second kappa shape index (κ2) is 4.39. The van der Waals surface area contributed by atoms with E-state index in [0.29, 0.717) is 11.4 Å². The van der Waals surface area contributed by atoms with Crippen molar-refractivity contribution in [3.8, 4) is 5.75 Å². The van der Waals surface area contributed by atoms with Crippen LogP contribution in [0.3, 0.4) is 0 Å². The lowest BCUT2D eigenvalue weighted by molar-refractivity contribution is -0.401. The van der Waals surface area contributed by atoms with Crippen LogP contribution in [0, 0.1) is 0 Å². The van der Waals surface area contributed by atoms with Crippen molar-refractivity contribution in [3.63, 3.8) is 0 Å². The van der Waals surface area contributed by atoms with Crippen LogP contribution in [0.1, 0.15) is 0 Å². The third-order valence-corrected chi connectivity index (χ3v) is 2.13. The van der Waals surface area contributed by atoms with Crippen molar-refractivity contribution in [2.24, 2.45) is 0 Å². The van der Waals surface area contributed by atoms with E-state index in [2.05, 4.69) is 22.3 Å². The van der Waals surface area contributed by atoms with Gasteiger partial charge in [-0.15, -0.1) is 4.33 Å². The van der Waals surface area contributed by atoms with Crippen molar-refractivity contribution in [1.29, 1.82) is 0 Å². The third kappa shape index (κ3) is 1.99. The Morgan fingerprint density at radius 3 is 2.53 bits per heavy atom. The minimum atomic E-state index is 0.522.